The van der Waals surface area contributed by atoms with E-state index in [1.165, 1.54) is 24.3 Å². The van der Waals surface area contributed by atoms with Gasteiger partial charge >= 0.3 is 17.1 Å². The molecule has 0 aliphatic rings. The van der Waals surface area contributed by atoms with Crippen molar-refractivity contribution in [3.8, 4) is 0 Å². The fourth-order valence-corrected chi connectivity index (χ4v) is 1.33. The summed E-state index contributed by atoms with van der Waals surface area (Å²) in [6.45, 7) is 0. The van der Waals surface area contributed by atoms with Gasteiger partial charge in [0, 0.05) is 0 Å². The van der Waals surface area contributed by atoms with Gasteiger partial charge in [0.15, 0.2) is 0 Å². The summed E-state index contributed by atoms with van der Waals surface area (Å²) >= 11 is 0. The third-order valence-corrected chi connectivity index (χ3v) is 2.33. The normalized spacial score (nSPS) is 9.67. The van der Waals surface area contributed by atoms with E-state index in [-0.39, 0.29) is 22.0 Å². The maximum absolute atomic E-state index is 10.1. The zero-order chi connectivity index (χ0) is 10.4. The van der Waals surface area contributed by atoms with Crippen LogP contribution in [0.2, 0.25) is 0 Å². The van der Waals surface area contributed by atoms with E-state index in [0.717, 1.165) is 0 Å². The van der Waals surface area contributed by atoms with Crippen molar-refractivity contribution < 1.29 is 30.0 Å². The molecule has 0 aliphatic heterocycles. The second kappa shape index (κ2) is 6.58. The minimum absolute atomic E-state index is 0. The van der Waals surface area contributed by atoms with Crippen LogP contribution < -0.4 is 0 Å². The van der Waals surface area contributed by atoms with Crippen LogP contribution in [0.15, 0.2) is 59.5 Å². The Kier molecular flexibility index (Phi) is 6.20. The van der Waals surface area contributed by atoms with Gasteiger partial charge in [0.05, 0.1) is 10.1 Å². The predicted octanol–water partition coefficient (Wildman–Crippen LogP) is 1.71. The fourth-order valence-electron chi connectivity index (χ4n) is 0.844. The summed E-state index contributed by atoms with van der Waals surface area (Å²) in [4.78, 5) is -0.164. The summed E-state index contributed by atoms with van der Waals surface area (Å²) in [5.74, 6) is 0. The summed E-state index contributed by atoms with van der Waals surface area (Å²) in [6, 6.07) is 15.5. The molecule has 15 heavy (non-hydrogen) atoms. The standard InChI is InChI=1S/C5H5O3S.C5H5.Fe/c6-9(7,8)5-3-1-2-4-5;1-2-4-5-3-1;/h1-4H,(H,6,7,8);1-5H;/q2*-1;+3/p-1. The molecule has 5 heteroatoms. The van der Waals surface area contributed by atoms with E-state index in [1.54, 1.807) is 0 Å². The SMILES string of the molecule is O=S(=O)([O-])[c-]1cccc1.[Fe+3].c1cc[cH-]c1. The van der Waals surface area contributed by atoms with Gasteiger partial charge in [-0.15, -0.1) is 0 Å². The molecule has 0 atom stereocenters. The van der Waals surface area contributed by atoms with Gasteiger partial charge in [-0.3, -0.25) is 8.42 Å². The predicted molar refractivity (Wildman–Crippen MR) is 52.0 cm³/mol. The zero-order valence-electron chi connectivity index (χ0n) is 7.68. The van der Waals surface area contributed by atoms with E-state index >= 15 is 0 Å². The molecule has 0 bridgehead atoms. The van der Waals surface area contributed by atoms with Gasteiger partial charge in [-0.05, 0) is 0 Å². The van der Waals surface area contributed by atoms with Gasteiger partial charge in [-0.2, -0.15) is 30.3 Å². The Morgan fingerprint density at radius 2 is 1.47 bits per heavy atom. The summed E-state index contributed by atoms with van der Waals surface area (Å²) < 4.78 is 30.4. The molecule has 0 N–H and O–H groups in total. The smallest absolute Gasteiger partial charge is 0.754 e. The molecule has 0 saturated carbocycles. The van der Waals surface area contributed by atoms with Crippen molar-refractivity contribution in [2.75, 3.05) is 0 Å². The molecule has 81 valence electrons. The van der Waals surface area contributed by atoms with E-state index in [0.29, 0.717) is 0 Å². The average molecular weight is 265 g/mol. The Bertz CT molecular complexity index is 412. The summed E-state index contributed by atoms with van der Waals surface area (Å²) in [5, 5.41) is 0. The molecule has 2 aromatic carbocycles. The van der Waals surface area contributed by atoms with Crippen LogP contribution in [0, 0.1) is 0 Å². The number of rotatable bonds is 1. The first-order valence-corrected chi connectivity index (χ1v) is 5.36. The molecule has 0 aliphatic carbocycles. The fraction of sp³-hybridized carbons (Fsp3) is 0. The second-order valence-electron chi connectivity index (χ2n) is 2.54. The topological polar surface area (TPSA) is 57.2 Å². The van der Waals surface area contributed by atoms with Crippen LogP contribution in [0.1, 0.15) is 0 Å². The van der Waals surface area contributed by atoms with Crippen molar-refractivity contribution in [2.45, 2.75) is 4.90 Å². The van der Waals surface area contributed by atoms with Crippen molar-refractivity contribution >= 4 is 10.1 Å². The van der Waals surface area contributed by atoms with Crippen molar-refractivity contribution in [1.29, 1.82) is 0 Å². The first-order chi connectivity index (χ1) is 6.61. The Labute approximate surface area is 99.7 Å². The number of hydrogen-bond donors (Lipinski definition) is 0. The van der Waals surface area contributed by atoms with Gasteiger partial charge in [0.25, 0.3) is 0 Å². The van der Waals surface area contributed by atoms with E-state index in [2.05, 4.69) is 0 Å². The minimum Gasteiger partial charge on any atom is -0.754 e. The van der Waals surface area contributed by atoms with E-state index in [9.17, 15) is 13.0 Å². The summed E-state index contributed by atoms with van der Waals surface area (Å²) in [5.41, 5.74) is 0. The van der Waals surface area contributed by atoms with Crippen molar-refractivity contribution in [2.24, 2.45) is 0 Å². The Balaban J connectivity index is 0.000000280. The van der Waals surface area contributed by atoms with Crippen LogP contribution in [-0.4, -0.2) is 13.0 Å². The van der Waals surface area contributed by atoms with Crippen LogP contribution in [0.25, 0.3) is 0 Å². The van der Waals surface area contributed by atoms with Crippen LogP contribution in [-0.2, 0) is 27.2 Å². The molecule has 0 fully saturated rings. The van der Waals surface area contributed by atoms with Gasteiger partial charge in [0.2, 0.25) is 0 Å². The molecule has 0 spiro atoms. The third kappa shape index (κ3) is 5.54. The maximum atomic E-state index is 10.1. The van der Waals surface area contributed by atoms with Crippen molar-refractivity contribution in [3.05, 3.63) is 54.6 Å². The average Bonchev–Trinajstić information content (AvgIpc) is 2.80. The molecule has 1 radical (unpaired) electrons. The van der Waals surface area contributed by atoms with Gasteiger partial charge < -0.3 is 4.55 Å². The van der Waals surface area contributed by atoms with Crippen LogP contribution >= 0.6 is 0 Å². The Morgan fingerprint density at radius 1 is 1.00 bits per heavy atom. The summed E-state index contributed by atoms with van der Waals surface area (Å²) in [7, 11) is -4.21. The molecular weight excluding hydrogens is 256 g/mol. The van der Waals surface area contributed by atoms with Crippen LogP contribution in [0.5, 0.6) is 0 Å². The summed E-state index contributed by atoms with van der Waals surface area (Å²) in [6.07, 6.45) is 0. The van der Waals surface area contributed by atoms with Crippen LogP contribution in [0.4, 0.5) is 0 Å². The Morgan fingerprint density at radius 3 is 1.67 bits per heavy atom. The zero-order valence-corrected chi connectivity index (χ0v) is 9.60. The number of hydrogen-bond acceptors (Lipinski definition) is 3. The third-order valence-electron chi connectivity index (χ3n) is 1.48. The quantitative estimate of drug-likeness (QED) is 0.448. The van der Waals surface area contributed by atoms with Gasteiger partial charge in [0.1, 0.15) is 0 Å². The van der Waals surface area contributed by atoms with E-state index in [4.69, 9.17) is 0 Å². The molecule has 0 heterocycles. The van der Waals surface area contributed by atoms with Gasteiger partial charge in [-0.1, -0.05) is 4.90 Å². The van der Waals surface area contributed by atoms with Crippen molar-refractivity contribution in [1.82, 2.24) is 0 Å². The maximum Gasteiger partial charge on any atom is 3.00 e. The minimum atomic E-state index is -4.21. The van der Waals surface area contributed by atoms with Crippen molar-refractivity contribution in [3.63, 3.8) is 0 Å². The molecule has 0 saturated heterocycles. The largest absolute Gasteiger partial charge is 3.00 e. The molecule has 0 unspecified atom stereocenters. The molecular formula is C10H9FeO3S. The second-order valence-corrected chi connectivity index (χ2v) is 3.92. The van der Waals surface area contributed by atoms with E-state index in [1.807, 2.05) is 30.3 Å². The first-order valence-electron chi connectivity index (χ1n) is 3.95. The molecule has 2 aromatic rings. The molecule has 0 amide bonds. The van der Waals surface area contributed by atoms with Crippen LogP contribution in [0.3, 0.4) is 0 Å². The monoisotopic (exact) mass is 265 g/mol. The molecule has 0 aromatic heterocycles. The molecule has 3 nitrogen and oxygen atoms in total. The Hall–Kier alpha value is -0.871. The van der Waals surface area contributed by atoms with Gasteiger partial charge in [-0.25, -0.2) is 24.3 Å². The van der Waals surface area contributed by atoms with E-state index < -0.39 is 10.1 Å². The first kappa shape index (κ1) is 14.1. The molecule has 2 rings (SSSR count).